The van der Waals surface area contributed by atoms with Gasteiger partial charge in [0.05, 0.1) is 4.90 Å². The molecule has 0 unspecified atom stereocenters. The third-order valence-electron chi connectivity index (χ3n) is 3.62. The summed E-state index contributed by atoms with van der Waals surface area (Å²) in [4.78, 5) is 26.2. The topological polar surface area (TPSA) is 137 Å². The Morgan fingerprint density at radius 3 is 2.20 bits per heavy atom. The predicted octanol–water partition coefficient (Wildman–Crippen LogP) is -0.546. The normalized spacial score (nSPS) is 15.4. The number of nitrogens with two attached hydrogens (primary N) is 1. The Labute approximate surface area is 145 Å². The molecule has 25 heavy (non-hydrogen) atoms. The molecule has 1 aliphatic heterocycles. The Bertz CT molecular complexity index is 818. The molecule has 0 aromatic heterocycles. The number of nitrogens with one attached hydrogen (secondary N) is 1. The number of carbonyl (C=O) groups excluding carboxylic acids is 2. The maximum Gasteiger partial charge on any atom is 0.267 e. The fourth-order valence-electron chi connectivity index (χ4n) is 2.22. The maximum atomic E-state index is 12.2. The lowest BCUT2D eigenvalue weighted by Gasteiger charge is -2.31. The molecule has 1 saturated heterocycles. The molecule has 3 N–H and O–H groups in total. The van der Waals surface area contributed by atoms with Gasteiger partial charge in [-0.05, 0) is 24.3 Å². The first kappa shape index (κ1) is 18.4. The number of anilines is 1. The molecule has 9 nitrogen and oxygen atoms in total. The molecule has 0 aliphatic carbocycles. The number of nitrogens with zero attached hydrogens (tertiary/aromatic N) is 3. The smallest absolute Gasteiger partial charge is 0.267 e. The molecular formula is C15H17N5O4S. The first-order valence-corrected chi connectivity index (χ1v) is 8.87. The number of benzene rings is 1. The molecule has 1 aliphatic rings. The average Bonchev–Trinajstić information content (AvgIpc) is 2.59. The molecule has 132 valence electrons. The molecule has 0 bridgehead atoms. The van der Waals surface area contributed by atoms with Crippen molar-refractivity contribution in [1.29, 1.82) is 5.26 Å². The van der Waals surface area contributed by atoms with Gasteiger partial charge in [0.15, 0.2) is 0 Å². The van der Waals surface area contributed by atoms with Gasteiger partial charge in [-0.2, -0.15) is 5.26 Å². The van der Waals surface area contributed by atoms with Crippen LogP contribution in [0.4, 0.5) is 5.69 Å². The van der Waals surface area contributed by atoms with Crippen LogP contribution in [0.15, 0.2) is 40.9 Å². The minimum atomic E-state index is -3.81. The van der Waals surface area contributed by atoms with Gasteiger partial charge in [-0.3, -0.25) is 9.59 Å². The van der Waals surface area contributed by atoms with Crippen molar-refractivity contribution >= 4 is 28.0 Å². The summed E-state index contributed by atoms with van der Waals surface area (Å²) in [7, 11) is -3.81. The van der Waals surface area contributed by atoms with E-state index in [0.717, 1.165) is 6.41 Å². The van der Waals surface area contributed by atoms with Crippen molar-refractivity contribution in [3.05, 3.63) is 36.0 Å². The van der Waals surface area contributed by atoms with Crippen LogP contribution in [0.25, 0.3) is 0 Å². The van der Waals surface area contributed by atoms with E-state index in [0.29, 0.717) is 31.9 Å². The van der Waals surface area contributed by atoms with Gasteiger partial charge in [-0.25, -0.2) is 13.6 Å². The van der Waals surface area contributed by atoms with Crippen molar-refractivity contribution in [2.24, 2.45) is 5.14 Å². The summed E-state index contributed by atoms with van der Waals surface area (Å²) in [5.74, 6) is -0.608. The van der Waals surface area contributed by atoms with Crippen LogP contribution in [0.5, 0.6) is 0 Å². The number of nitriles is 1. The zero-order valence-corrected chi connectivity index (χ0v) is 14.1. The number of hydrogen-bond acceptors (Lipinski definition) is 6. The van der Waals surface area contributed by atoms with Crippen LogP contribution in [-0.4, -0.2) is 56.7 Å². The van der Waals surface area contributed by atoms with E-state index < -0.39 is 15.9 Å². The number of rotatable bonds is 5. The van der Waals surface area contributed by atoms with Gasteiger partial charge >= 0.3 is 0 Å². The first-order chi connectivity index (χ1) is 11.8. The minimum absolute atomic E-state index is 0.0744. The highest BCUT2D eigenvalue weighted by molar-refractivity contribution is 7.89. The Kier molecular flexibility index (Phi) is 5.74. The predicted molar refractivity (Wildman–Crippen MR) is 89.4 cm³/mol. The Morgan fingerprint density at radius 1 is 1.16 bits per heavy atom. The zero-order chi connectivity index (χ0) is 18.4. The van der Waals surface area contributed by atoms with Crippen LogP contribution in [0.2, 0.25) is 0 Å². The van der Waals surface area contributed by atoms with Crippen molar-refractivity contribution in [2.45, 2.75) is 4.90 Å². The summed E-state index contributed by atoms with van der Waals surface area (Å²) in [5.41, 5.74) is 0.249. The van der Waals surface area contributed by atoms with E-state index in [1.54, 1.807) is 9.80 Å². The molecule has 0 spiro atoms. The van der Waals surface area contributed by atoms with E-state index in [1.807, 2.05) is 6.07 Å². The second-order valence-electron chi connectivity index (χ2n) is 5.36. The van der Waals surface area contributed by atoms with Crippen LogP contribution >= 0.6 is 0 Å². The fourth-order valence-corrected chi connectivity index (χ4v) is 2.73. The molecule has 2 amide bonds. The summed E-state index contributed by atoms with van der Waals surface area (Å²) in [6, 6.07) is 7.13. The summed E-state index contributed by atoms with van der Waals surface area (Å²) in [6.45, 7) is 2.10. The number of piperazine rings is 1. The monoisotopic (exact) mass is 363 g/mol. The van der Waals surface area contributed by atoms with Crippen LogP contribution < -0.4 is 10.5 Å². The number of sulfonamides is 1. The van der Waals surface area contributed by atoms with Crippen molar-refractivity contribution in [3.8, 4) is 6.07 Å². The summed E-state index contributed by atoms with van der Waals surface area (Å²) >= 11 is 0. The summed E-state index contributed by atoms with van der Waals surface area (Å²) < 4.78 is 22.4. The minimum Gasteiger partial charge on any atom is -0.373 e. The van der Waals surface area contributed by atoms with Crippen molar-refractivity contribution in [3.63, 3.8) is 0 Å². The van der Waals surface area contributed by atoms with Gasteiger partial charge in [0.25, 0.3) is 5.91 Å². The lowest BCUT2D eigenvalue weighted by atomic mass is 10.2. The van der Waals surface area contributed by atoms with Crippen LogP contribution in [0.1, 0.15) is 0 Å². The molecule has 1 heterocycles. The first-order valence-electron chi connectivity index (χ1n) is 7.33. The highest BCUT2D eigenvalue weighted by atomic mass is 32.2. The van der Waals surface area contributed by atoms with Crippen molar-refractivity contribution in [1.82, 2.24) is 9.80 Å². The largest absolute Gasteiger partial charge is 0.373 e. The molecule has 1 aromatic carbocycles. The molecule has 0 atom stereocenters. The second-order valence-corrected chi connectivity index (χ2v) is 6.92. The van der Waals surface area contributed by atoms with E-state index in [4.69, 9.17) is 5.14 Å². The van der Waals surface area contributed by atoms with E-state index in [1.165, 1.54) is 30.5 Å². The second kappa shape index (κ2) is 7.78. The third kappa shape index (κ3) is 5.03. The van der Waals surface area contributed by atoms with Gasteiger partial charge in [0, 0.05) is 38.1 Å². The summed E-state index contributed by atoms with van der Waals surface area (Å²) in [6.07, 6.45) is 2.22. The number of carbonyl (C=O) groups is 2. The van der Waals surface area contributed by atoms with Gasteiger partial charge < -0.3 is 15.1 Å². The fraction of sp³-hybridized carbons (Fsp3) is 0.267. The molecule has 2 rings (SSSR count). The number of primary sulfonamides is 1. The van der Waals surface area contributed by atoms with Gasteiger partial charge in [-0.1, -0.05) is 0 Å². The standard InChI is InChI=1S/C15H17N5O4S/c16-9-12(10-19-5-7-20(11-21)8-6-19)15(22)18-13-1-3-14(4-2-13)25(17,23)24/h1-4,10-11H,5-8H2,(H,18,22)(H2,17,23,24)/b12-10-. The van der Waals surface area contributed by atoms with Crippen LogP contribution in [-0.2, 0) is 19.6 Å². The maximum absolute atomic E-state index is 12.2. The van der Waals surface area contributed by atoms with Gasteiger partial charge in [-0.15, -0.1) is 0 Å². The molecule has 10 heteroatoms. The molecular weight excluding hydrogens is 346 g/mol. The van der Waals surface area contributed by atoms with Gasteiger partial charge in [0.2, 0.25) is 16.4 Å². The average molecular weight is 363 g/mol. The van der Waals surface area contributed by atoms with Crippen LogP contribution in [0, 0.1) is 11.3 Å². The van der Waals surface area contributed by atoms with Crippen LogP contribution in [0.3, 0.4) is 0 Å². The third-order valence-corrected chi connectivity index (χ3v) is 4.54. The highest BCUT2D eigenvalue weighted by Gasteiger charge is 2.16. The van der Waals surface area contributed by atoms with Gasteiger partial charge in [0.1, 0.15) is 11.6 Å². The van der Waals surface area contributed by atoms with E-state index in [2.05, 4.69) is 5.32 Å². The lowest BCUT2D eigenvalue weighted by molar-refractivity contribution is -0.119. The SMILES string of the molecule is N#C/C(=C/N1CCN(C=O)CC1)C(=O)Nc1ccc(S(N)(=O)=O)cc1. The Balaban J connectivity index is 2.04. The summed E-state index contributed by atoms with van der Waals surface area (Å²) in [5, 5.41) is 16.7. The lowest BCUT2D eigenvalue weighted by Crippen LogP contribution is -2.43. The van der Waals surface area contributed by atoms with E-state index >= 15 is 0 Å². The van der Waals surface area contributed by atoms with E-state index in [-0.39, 0.29) is 10.5 Å². The molecule has 1 fully saturated rings. The highest BCUT2D eigenvalue weighted by Crippen LogP contribution is 2.14. The molecule has 1 aromatic rings. The quantitative estimate of drug-likeness (QED) is 0.409. The molecule has 0 radical (unpaired) electrons. The van der Waals surface area contributed by atoms with Crippen molar-refractivity contribution in [2.75, 3.05) is 31.5 Å². The van der Waals surface area contributed by atoms with Crippen molar-refractivity contribution < 1.29 is 18.0 Å². The zero-order valence-electron chi connectivity index (χ0n) is 13.3. The Morgan fingerprint density at radius 2 is 1.72 bits per heavy atom. The number of amides is 2. The molecule has 0 saturated carbocycles. The number of hydrogen-bond donors (Lipinski definition) is 2. The Hall–Kier alpha value is -2.90. The van der Waals surface area contributed by atoms with E-state index in [9.17, 15) is 23.3 Å².